The monoisotopic (exact) mass is 256 g/mol. The molecule has 0 fully saturated rings. The molecule has 0 bridgehead atoms. The first kappa shape index (κ1) is 14.3. The average molecular weight is 257 g/mol. The first-order valence-electron chi connectivity index (χ1n) is 5.98. The van der Waals surface area contributed by atoms with E-state index in [2.05, 4.69) is 31.1 Å². The molecule has 0 aromatic carbocycles. The van der Waals surface area contributed by atoms with E-state index in [9.17, 15) is 0 Å². The van der Waals surface area contributed by atoms with Crippen LogP contribution in [0.25, 0.3) is 0 Å². The lowest BCUT2D eigenvalue weighted by atomic mass is 10.1. The van der Waals surface area contributed by atoms with Gasteiger partial charge < -0.3 is 10.1 Å². The first-order valence-corrected chi connectivity index (χ1v) is 6.36. The highest BCUT2D eigenvalue weighted by Gasteiger charge is 2.09. The van der Waals surface area contributed by atoms with Gasteiger partial charge in [0, 0.05) is 18.8 Å². The van der Waals surface area contributed by atoms with Gasteiger partial charge in [-0.15, -0.1) is 0 Å². The van der Waals surface area contributed by atoms with Gasteiger partial charge in [0.05, 0.1) is 11.1 Å². The van der Waals surface area contributed by atoms with Crippen molar-refractivity contribution in [2.75, 3.05) is 7.05 Å². The lowest BCUT2D eigenvalue weighted by Gasteiger charge is -2.16. The van der Waals surface area contributed by atoms with Gasteiger partial charge in [0.2, 0.25) is 5.88 Å². The number of aromatic nitrogens is 1. The number of ether oxygens (including phenoxy) is 1. The van der Waals surface area contributed by atoms with Gasteiger partial charge in [0.1, 0.15) is 0 Å². The summed E-state index contributed by atoms with van der Waals surface area (Å²) in [5, 5.41) is 3.74. The van der Waals surface area contributed by atoms with Crippen molar-refractivity contribution in [2.45, 2.75) is 39.8 Å². The third-order valence-electron chi connectivity index (χ3n) is 2.40. The molecule has 1 unspecified atom stereocenters. The Morgan fingerprint density at radius 1 is 1.41 bits per heavy atom. The number of nitrogens with zero attached hydrogens (tertiary/aromatic N) is 1. The van der Waals surface area contributed by atoms with Crippen molar-refractivity contribution in [2.24, 2.45) is 5.92 Å². The number of nitrogens with one attached hydrogen (secondary N) is 1. The maximum Gasteiger partial charge on any atom is 0.213 e. The van der Waals surface area contributed by atoms with Crippen molar-refractivity contribution in [1.82, 2.24) is 10.3 Å². The summed E-state index contributed by atoms with van der Waals surface area (Å²) in [5.74, 6) is 1.27. The average Bonchev–Trinajstić information content (AvgIpc) is 2.22. The van der Waals surface area contributed by atoms with E-state index < -0.39 is 0 Å². The quantitative estimate of drug-likeness (QED) is 0.848. The fourth-order valence-electron chi connectivity index (χ4n) is 1.77. The Morgan fingerprint density at radius 3 is 2.71 bits per heavy atom. The molecule has 0 spiro atoms. The van der Waals surface area contributed by atoms with Crippen LogP contribution in [0.5, 0.6) is 5.88 Å². The maximum atomic E-state index is 6.04. The standard InChI is InChI=1S/C13H21ClN2O/c1-9(2)5-10(3)17-13-6-11(7-15-4)12(14)8-16-13/h6,8-10,15H,5,7H2,1-4H3. The Morgan fingerprint density at radius 2 is 2.12 bits per heavy atom. The zero-order valence-electron chi connectivity index (χ0n) is 11.0. The van der Waals surface area contributed by atoms with Crippen LogP contribution in [-0.4, -0.2) is 18.1 Å². The van der Waals surface area contributed by atoms with Gasteiger partial charge in [-0.05, 0) is 31.9 Å². The van der Waals surface area contributed by atoms with E-state index >= 15 is 0 Å². The minimum absolute atomic E-state index is 0.172. The fraction of sp³-hybridized carbons (Fsp3) is 0.615. The Balaban J connectivity index is 2.68. The Bertz CT molecular complexity index is 355. The van der Waals surface area contributed by atoms with Crippen molar-refractivity contribution in [1.29, 1.82) is 0 Å². The maximum absolute atomic E-state index is 6.04. The first-order chi connectivity index (χ1) is 8.02. The highest BCUT2D eigenvalue weighted by molar-refractivity contribution is 6.31. The van der Waals surface area contributed by atoms with Crippen LogP contribution in [0.1, 0.15) is 32.8 Å². The largest absolute Gasteiger partial charge is 0.475 e. The van der Waals surface area contributed by atoms with Crippen molar-refractivity contribution >= 4 is 11.6 Å². The summed E-state index contributed by atoms with van der Waals surface area (Å²) in [6.07, 6.45) is 2.84. The molecule has 1 aromatic rings. The number of pyridine rings is 1. The molecule has 1 rings (SSSR count). The Labute approximate surface area is 109 Å². The molecule has 0 aliphatic heterocycles. The lowest BCUT2D eigenvalue weighted by Crippen LogP contribution is -2.15. The van der Waals surface area contributed by atoms with E-state index in [-0.39, 0.29) is 6.10 Å². The minimum atomic E-state index is 0.172. The SMILES string of the molecule is CNCc1cc(OC(C)CC(C)C)ncc1Cl. The van der Waals surface area contributed by atoms with Crippen LogP contribution in [0.2, 0.25) is 5.02 Å². The van der Waals surface area contributed by atoms with E-state index in [0.717, 1.165) is 18.5 Å². The van der Waals surface area contributed by atoms with Gasteiger partial charge >= 0.3 is 0 Å². The van der Waals surface area contributed by atoms with Crippen LogP contribution >= 0.6 is 11.6 Å². The van der Waals surface area contributed by atoms with Gasteiger partial charge in [0.25, 0.3) is 0 Å². The highest BCUT2D eigenvalue weighted by Crippen LogP contribution is 2.21. The van der Waals surface area contributed by atoms with Crippen LogP contribution in [0.3, 0.4) is 0 Å². The summed E-state index contributed by atoms with van der Waals surface area (Å²) in [5.41, 5.74) is 1.01. The van der Waals surface area contributed by atoms with Crippen molar-refractivity contribution < 1.29 is 4.74 Å². The van der Waals surface area contributed by atoms with Crippen molar-refractivity contribution in [3.8, 4) is 5.88 Å². The van der Waals surface area contributed by atoms with E-state index in [1.807, 2.05) is 13.1 Å². The van der Waals surface area contributed by atoms with Crippen LogP contribution < -0.4 is 10.1 Å². The molecule has 3 nitrogen and oxygen atoms in total. The second-order valence-corrected chi connectivity index (χ2v) is 5.11. The smallest absolute Gasteiger partial charge is 0.213 e. The third kappa shape index (κ3) is 4.92. The molecular weight excluding hydrogens is 236 g/mol. The molecule has 1 aromatic heterocycles. The van der Waals surface area contributed by atoms with E-state index in [4.69, 9.17) is 16.3 Å². The van der Waals surface area contributed by atoms with E-state index in [1.54, 1.807) is 6.20 Å². The molecule has 0 radical (unpaired) electrons. The van der Waals surface area contributed by atoms with Crippen molar-refractivity contribution in [3.05, 3.63) is 22.8 Å². The fourth-order valence-corrected chi connectivity index (χ4v) is 1.94. The normalized spacial score (nSPS) is 12.8. The van der Waals surface area contributed by atoms with E-state index in [0.29, 0.717) is 16.8 Å². The summed E-state index contributed by atoms with van der Waals surface area (Å²) >= 11 is 6.04. The second kappa shape index (κ2) is 6.82. The van der Waals surface area contributed by atoms with Gasteiger partial charge in [-0.1, -0.05) is 25.4 Å². The summed E-state index contributed by atoms with van der Waals surface area (Å²) in [7, 11) is 1.89. The minimum Gasteiger partial charge on any atom is -0.475 e. The molecule has 1 N–H and O–H groups in total. The molecule has 17 heavy (non-hydrogen) atoms. The van der Waals surface area contributed by atoms with Crippen LogP contribution in [0.15, 0.2) is 12.3 Å². The zero-order valence-corrected chi connectivity index (χ0v) is 11.7. The summed E-state index contributed by atoms with van der Waals surface area (Å²) in [4.78, 5) is 4.19. The number of hydrogen-bond acceptors (Lipinski definition) is 3. The molecule has 4 heteroatoms. The summed E-state index contributed by atoms with van der Waals surface area (Å²) < 4.78 is 5.77. The Kier molecular flexibility index (Phi) is 5.72. The zero-order chi connectivity index (χ0) is 12.8. The third-order valence-corrected chi connectivity index (χ3v) is 2.74. The van der Waals surface area contributed by atoms with Crippen LogP contribution in [-0.2, 0) is 6.54 Å². The summed E-state index contributed by atoms with van der Waals surface area (Å²) in [6.45, 7) is 7.15. The van der Waals surface area contributed by atoms with Crippen LogP contribution in [0, 0.1) is 5.92 Å². The number of hydrogen-bond donors (Lipinski definition) is 1. The molecule has 1 atom stereocenters. The second-order valence-electron chi connectivity index (χ2n) is 4.70. The van der Waals surface area contributed by atoms with Crippen molar-refractivity contribution in [3.63, 3.8) is 0 Å². The molecule has 96 valence electrons. The lowest BCUT2D eigenvalue weighted by molar-refractivity contribution is 0.185. The topological polar surface area (TPSA) is 34.1 Å². The van der Waals surface area contributed by atoms with Gasteiger partial charge in [-0.2, -0.15) is 0 Å². The molecule has 1 heterocycles. The van der Waals surface area contributed by atoms with Crippen LogP contribution in [0.4, 0.5) is 0 Å². The predicted octanol–water partition coefficient (Wildman–Crippen LogP) is 3.27. The van der Waals surface area contributed by atoms with Gasteiger partial charge in [-0.3, -0.25) is 0 Å². The highest BCUT2D eigenvalue weighted by atomic mass is 35.5. The summed E-state index contributed by atoms with van der Waals surface area (Å²) in [6, 6.07) is 1.90. The van der Waals surface area contributed by atoms with Gasteiger partial charge in [-0.25, -0.2) is 4.98 Å². The number of halogens is 1. The number of rotatable bonds is 6. The Hall–Kier alpha value is -0.800. The van der Waals surface area contributed by atoms with E-state index in [1.165, 1.54) is 0 Å². The molecular formula is C13H21ClN2O. The molecule has 0 aliphatic rings. The molecule has 0 aliphatic carbocycles. The molecule has 0 amide bonds. The predicted molar refractivity (Wildman–Crippen MR) is 71.6 cm³/mol. The van der Waals surface area contributed by atoms with Gasteiger partial charge in [0.15, 0.2) is 0 Å². The molecule has 0 saturated heterocycles. The molecule has 0 saturated carbocycles.